The van der Waals surface area contributed by atoms with Crippen LogP contribution in [0.4, 0.5) is 5.82 Å². The monoisotopic (exact) mass is 280 g/mol. The van der Waals surface area contributed by atoms with Gasteiger partial charge in [-0.1, -0.05) is 31.5 Å². The van der Waals surface area contributed by atoms with Crippen molar-refractivity contribution < 1.29 is 4.79 Å². The first kappa shape index (κ1) is 14.0. The van der Waals surface area contributed by atoms with Gasteiger partial charge in [-0.15, -0.1) is 0 Å². The lowest BCUT2D eigenvalue weighted by Crippen LogP contribution is -2.21. The van der Waals surface area contributed by atoms with Crippen LogP contribution in [0.5, 0.6) is 0 Å². The highest BCUT2D eigenvalue weighted by Gasteiger charge is 2.19. The molecule has 0 unspecified atom stereocenters. The van der Waals surface area contributed by atoms with Crippen LogP contribution >= 0.6 is 12.2 Å². The summed E-state index contributed by atoms with van der Waals surface area (Å²) in [6, 6.07) is 0. The number of nitrogens with two attached hydrogens (primary N) is 1. The molecule has 2 rings (SSSR count). The summed E-state index contributed by atoms with van der Waals surface area (Å²) in [6.07, 6.45) is 8.23. The molecule has 1 heterocycles. The van der Waals surface area contributed by atoms with Crippen molar-refractivity contribution in [3.63, 3.8) is 0 Å². The van der Waals surface area contributed by atoms with E-state index in [0.717, 1.165) is 12.8 Å². The summed E-state index contributed by atoms with van der Waals surface area (Å²) in [7, 11) is 1.76. The summed E-state index contributed by atoms with van der Waals surface area (Å²) in [4.78, 5) is 12.3. The number of amides is 1. The second-order valence-corrected chi connectivity index (χ2v) is 5.59. The predicted octanol–water partition coefficient (Wildman–Crippen LogP) is 1.96. The van der Waals surface area contributed by atoms with Gasteiger partial charge in [0.2, 0.25) is 5.91 Å². The second-order valence-electron chi connectivity index (χ2n) is 5.15. The van der Waals surface area contributed by atoms with Gasteiger partial charge >= 0.3 is 0 Å². The van der Waals surface area contributed by atoms with Crippen LogP contribution in [-0.2, 0) is 11.8 Å². The highest BCUT2D eigenvalue weighted by molar-refractivity contribution is 7.80. The summed E-state index contributed by atoms with van der Waals surface area (Å²) < 4.78 is 1.59. The van der Waals surface area contributed by atoms with Gasteiger partial charge in [-0.25, -0.2) is 0 Å². The van der Waals surface area contributed by atoms with E-state index in [1.165, 1.54) is 19.3 Å². The van der Waals surface area contributed by atoms with Crippen LogP contribution in [0.2, 0.25) is 0 Å². The number of hydrogen-bond acceptors (Lipinski definition) is 3. The molecule has 5 nitrogen and oxygen atoms in total. The van der Waals surface area contributed by atoms with Gasteiger partial charge in [0.15, 0.2) is 0 Å². The van der Waals surface area contributed by atoms with Gasteiger partial charge in [-0.05, 0) is 18.8 Å². The number of anilines is 1. The quantitative estimate of drug-likeness (QED) is 0.827. The maximum atomic E-state index is 12.1. The molecular formula is C13H20N4OS. The van der Waals surface area contributed by atoms with Crippen molar-refractivity contribution in [3.05, 3.63) is 11.8 Å². The van der Waals surface area contributed by atoms with Crippen LogP contribution in [-0.4, -0.2) is 20.7 Å². The van der Waals surface area contributed by atoms with Gasteiger partial charge in [0.1, 0.15) is 10.8 Å². The molecule has 1 amide bonds. The number of carbonyl (C=O) groups is 1. The third-order valence-corrected chi connectivity index (χ3v) is 3.88. The molecule has 3 N–H and O–H groups in total. The van der Waals surface area contributed by atoms with Crippen LogP contribution in [0, 0.1) is 5.92 Å². The maximum absolute atomic E-state index is 12.1. The normalized spacial score (nSPS) is 16.3. The van der Waals surface area contributed by atoms with Gasteiger partial charge in [-0.2, -0.15) is 5.10 Å². The molecule has 1 aromatic heterocycles. The minimum atomic E-state index is 0.0213. The lowest BCUT2D eigenvalue weighted by Gasteiger charge is -2.20. The molecule has 1 aromatic rings. The molecular weight excluding hydrogens is 260 g/mol. The summed E-state index contributed by atoms with van der Waals surface area (Å²) in [5.41, 5.74) is 6.23. The molecule has 0 saturated heterocycles. The van der Waals surface area contributed by atoms with E-state index in [1.54, 1.807) is 17.9 Å². The van der Waals surface area contributed by atoms with E-state index in [-0.39, 0.29) is 10.9 Å². The molecule has 0 aliphatic heterocycles. The SMILES string of the molecule is Cn1ncc(C(N)=S)c1NC(=O)CC1CCCCC1. The van der Waals surface area contributed by atoms with Crippen molar-refractivity contribution >= 4 is 28.9 Å². The Kier molecular flexibility index (Phi) is 4.52. The minimum Gasteiger partial charge on any atom is -0.389 e. The Bertz CT molecular complexity index is 477. The molecule has 1 fully saturated rings. The lowest BCUT2D eigenvalue weighted by molar-refractivity contribution is -0.117. The molecule has 1 aliphatic rings. The number of hydrogen-bond donors (Lipinski definition) is 2. The van der Waals surface area contributed by atoms with Gasteiger partial charge < -0.3 is 11.1 Å². The smallest absolute Gasteiger partial charge is 0.225 e. The average Bonchev–Trinajstić information content (AvgIpc) is 2.72. The Balaban J connectivity index is 1.98. The summed E-state index contributed by atoms with van der Waals surface area (Å²) in [5.74, 6) is 1.12. The highest BCUT2D eigenvalue weighted by Crippen LogP contribution is 2.26. The molecule has 19 heavy (non-hydrogen) atoms. The number of aromatic nitrogens is 2. The zero-order chi connectivity index (χ0) is 13.8. The molecule has 1 aliphatic carbocycles. The van der Waals surface area contributed by atoms with Crippen LogP contribution in [0.3, 0.4) is 0 Å². The molecule has 6 heteroatoms. The zero-order valence-electron chi connectivity index (χ0n) is 11.2. The summed E-state index contributed by atoms with van der Waals surface area (Å²) >= 11 is 4.95. The number of carbonyl (C=O) groups excluding carboxylic acids is 1. The number of thiocarbonyl (C=S) groups is 1. The molecule has 104 valence electrons. The Morgan fingerprint density at radius 2 is 2.21 bits per heavy atom. The Labute approximate surface area is 118 Å². The third-order valence-electron chi connectivity index (χ3n) is 3.66. The van der Waals surface area contributed by atoms with Gasteiger partial charge in [-0.3, -0.25) is 9.48 Å². The first-order valence-electron chi connectivity index (χ1n) is 6.69. The Morgan fingerprint density at radius 3 is 2.84 bits per heavy atom. The number of nitrogens with one attached hydrogen (secondary N) is 1. The van der Waals surface area contributed by atoms with Crippen molar-refractivity contribution in [3.8, 4) is 0 Å². The van der Waals surface area contributed by atoms with Gasteiger partial charge in [0, 0.05) is 13.5 Å². The van der Waals surface area contributed by atoms with Crippen molar-refractivity contribution in [1.29, 1.82) is 0 Å². The van der Waals surface area contributed by atoms with Gasteiger partial charge in [0.05, 0.1) is 11.8 Å². The van der Waals surface area contributed by atoms with Crippen molar-refractivity contribution in [1.82, 2.24) is 9.78 Å². The van der Waals surface area contributed by atoms with Crippen LogP contribution in [0.25, 0.3) is 0 Å². The minimum absolute atomic E-state index is 0.0213. The van der Waals surface area contributed by atoms with Crippen molar-refractivity contribution in [2.24, 2.45) is 18.7 Å². The standard InChI is InChI=1S/C13H20N4OS/c1-17-13(10(8-15-17)12(14)19)16-11(18)7-9-5-3-2-4-6-9/h8-9H,2-7H2,1H3,(H2,14,19)(H,16,18). The average molecular weight is 280 g/mol. The Morgan fingerprint density at radius 1 is 1.53 bits per heavy atom. The van der Waals surface area contributed by atoms with E-state index in [9.17, 15) is 4.79 Å². The predicted molar refractivity (Wildman–Crippen MR) is 78.9 cm³/mol. The number of nitrogens with zero attached hydrogens (tertiary/aromatic N) is 2. The molecule has 0 atom stereocenters. The fourth-order valence-electron chi connectivity index (χ4n) is 2.60. The highest BCUT2D eigenvalue weighted by atomic mass is 32.1. The second kappa shape index (κ2) is 6.14. The van der Waals surface area contributed by atoms with E-state index in [1.807, 2.05) is 0 Å². The van der Waals surface area contributed by atoms with Crippen molar-refractivity contribution in [2.75, 3.05) is 5.32 Å². The van der Waals surface area contributed by atoms with E-state index in [0.29, 0.717) is 23.7 Å². The number of aryl methyl sites for hydroxylation is 1. The largest absolute Gasteiger partial charge is 0.389 e. The summed E-state index contributed by atoms with van der Waals surface area (Å²) in [6.45, 7) is 0. The molecule has 0 spiro atoms. The van der Waals surface area contributed by atoms with E-state index >= 15 is 0 Å². The van der Waals surface area contributed by atoms with Crippen LogP contribution < -0.4 is 11.1 Å². The van der Waals surface area contributed by atoms with Gasteiger partial charge in [0.25, 0.3) is 0 Å². The molecule has 0 aromatic carbocycles. The number of rotatable bonds is 4. The maximum Gasteiger partial charge on any atom is 0.225 e. The zero-order valence-corrected chi connectivity index (χ0v) is 12.0. The lowest BCUT2D eigenvalue weighted by atomic mass is 9.87. The molecule has 0 radical (unpaired) electrons. The third kappa shape index (κ3) is 3.53. The topological polar surface area (TPSA) is 72.9 Å². The Hall–Kier alpha value is -1.43. The van der Waals surface area contributed by atoms with Crippen molar-refractivity contribution in [2.45, 2.75) is 38.5 Å². The fraction of sp³-hybridized carbons (Fsp3) is 0.615. The summed E-state index contributed by atoms with van der Waals surface area (Å²) in [5, 5.41) is 6.95. The van der Waals surface area contributed by atoms with E-state index in [4.69, 9.17) is 18.0 Å². The first-order valence-corrected chi connectivity index (χ1v) is 7.10. The van der Waals surface area contributed by atoms with E-state index in [2.05, 4.69) is 10.4 Å². The first-order chi connectivity index (χ1) is 9.08. The van der Waals surface area contributed by atoms with Crippen LogP contribution in [0.15, 0.2) is 6.20 Å². The van der Waals surface area contributed by atoms with E-state index < -0.39 is 0 Å². The molecule has 1 saturated carbocycles. The molecule has 0 bridgehead atoms. The van der Waals surface area contributed by atoms with Crippen LogP contribution in [0.1, 0.15) is 44.1 Å². The fourth-order valence-corrected chi connectivity index (χ4v) is 2.75.